The van der Waals surface area contributed by atoms with Crippen LogP contribution in [-0.4, -0.2) is 53.9 Å². The van der Waals surface area contributed by atoms with Gasteiger partial charge in [0.05, 0.1) is 0 Å². The van der Waals surface area contributed by atoms with E-state index in [2.05, 4.69) is 17.4 Å². The van der Waals surface area contributed by atoms with E-state index >= 15 is 0 Å². The highest BCUT2D eigenvalue weighted by Crippen LogP contribution is 2.51. The Morgan fingerprint density at radius 2 is 1.86 bits per heavy atom. The Bertz CT molecular complexity index is 232. The van der Waals surface area contributed by atoms with Gasteiger partial charge in [-0.25, -0.2) is 19.9 Å². The fourth-order valence-electron chi connectivity index (χ4n) is 1.35. The second kappa shape index (κ2) is 4.94. The summed E-state index contributed by atoms with van der Waals surface area (Å²) < 4.78 is 22.0. The molecule has 14 heavy (non-hydrogen) atoms. The van der Waals surface area contributed by atoms with Gasteiger partial charge in [-0.1, -0.05) is 12.8 Å². The normalized spacial score (nSPS) is 25.2. The molecule has 1 saturated heterocycles. The molecule has 0 saturated carbocycles. The van der Waals surface area contributed by atoms with E-state index in [4.69, 9.17) is 5.90 Å². The van der Waals surface area contributed by atoms with Gasteiger partial charge in [0.15, 0.2) is 0 Å². The van der Waals surface area contributed by atoms with Gasteiger partial charge in [-0.15, -0.1) is 0 Å². The lowest BCUT2D eigenvalue weighted by Crippen LogP contribution is -2.43. The number of nitrogens with two attached hydrogens (primary N) is 1. The first-order chi connectivity index (χ1) is 6.50. The minimum absolute atomic E-state index is 0.649. The molecule has 1 atom stereocenters. The largest absolute Gasteiger partial charge is 0.361 e. The maximum Gasteiger partial charge on any atom is 0.361 e. The van der Waals surface area contributed by atoms with E-state index in [-0.39, 0.29) is 0 Å². The summed E-state index contributed by atoms with van der Waals surface area (Å²) in [6, 6.07) is 0. The quantitative estimate of drug-likeness (QED) is 0.411. The average Bonchev–Trinajstić information content (AvgIpc) is 2.17. The van der Waals surface area contributed by atoms with Crippen LogP contribution >= 0.6 is 20.5 Å². The molecule has 0 aromatic heterocycles. The van der Waals surface area contributed by atoms with Crippen LogP contribution in [0.5, 0.6) is 0 Å². The summed E-state index contributed by atoms with van der Waals surface area (Å²) in [5.74, 6) is 5.09. The fourth-order valence-corrected chi connectivity index (χ4v) is 3.04. The van der Waals surface area contributed by atoms with Gasteiger partial charge in [0, 0.05) is 26.2 Å². The minimum Gasteiger partial charge on any atom is -0.254 e. The van der Waals surface area contributed by atoms with E-state index in [1.807, 2.05) is 4.31 Å². The highest BCUT2D eigenvalue weighted by Gasteiger charge is 2.36. The Morgan fingerprint density at radius 1 is 1.36 bits per heavy atom. The number of nitrogens with zero attached hydrogens (tertiary/aromatic N) is 3. The molecule has 0 bridgehead atoms. The molecule has 2 N–H and O–H groups in total. The van der Waals surface area contributed by atoms with Crippen LogP contribution in [0.2, 0.25) is 0 Å². The van der Waals surface area contributed by atoms with Crippen molar-refractivity contribution in [2.45, 2.75) is 0 Å². The van der Waals surface area contributed by atoms with Crippen LogP contribution in [0.4, 0.5) is 0 Å². The van der Waals surface area contributed by atoms with Crippen molar-refractivity contribution < 1.29 is 9.19 Å². The van der Waals surface area contributed by atoms with Crippen molar-refractivity contribution in [3.8, 4) is 0 Å². The minimum atomic E-state index is -2.99. The highest BCUT2D eigenvalue weighted by molar-refractivity contribution is 7.77. The topological polar surface area (TPSA) is 62.0 Å². The predicted molar refractivity (Wildman–Crippen MR) is 58.7 cm³/mol. The van der Waals surface area contributed by atoms with Crippen molar-refractivity contribution in [2.24, 2.45) is 5.90 Å². The van der Waals surface area contributed by atoms with E-state index < -0.39 is 7.67 Å². The number of thiol groups is 1. The molecule has 0 aromatic rings. The first kappa shape index (κ1) is 12.4. The number of piperazine rings is 1. The maximum absolute atomic E-state index is 12.2. The van der Waals surface area contributed by atoms with E-state index in [1.165, 1.54) is 4.67 Å². The van der Waals surface area contributed by atoms with Crippen LogP contribution in [0.1, 0.15) is 0 Å². The molecular formula is C6H17N4O2PS. The van der Waals surface area contributed by atoms with E-state index in [0.29, 0.717) is 13.1 Å². The Hall–Kier alpha value is 0.380. The third kappa shape index (κ3) is 2.49. The monoisotopic (exact) mass is 240 g/mol. The summed E-state index contributed by atoms with van der Waals surface area (Å²) in [4.78, 5) is 0. The molecule has 1 rings (SSSR count). The van der Waals surface area contributed by atoms with Crippen molar-refractivity contribution >= 4 is 20.5 Å². The van der Waals surface area contributed by atoms with Crippen LogP contribution in [0.15, 0.2) is 0 Å². The molecule has 1 unspecified atom stereocenters. The molecule has 0 aromatic carbocycles. The molecule has 0 amide bonds. The molecular weight excluding hydrogens is 223 g/mol. The lowest BCUT2D eigenvalue weighted by atomic mass is 10.4. The first-order valence-corrected chi connectivity index (χ1v) is 6.29. The Labute approximate surface area is 90.0 Å². The van der Waals surface area contributed by atoms with Gasteiger partial charge in [-0.3, -0.25) is 8.87 Å². The van der Waals surface area contributed by atoms with Crippen LogP contribution in [0.25, 0.3) is 0 Å². The summed E-state index contributed by atoms with van der Waals surface area (Å²) in [6.45, 7) is 2.81. The summed E-state index contributed by atoms with van der Waals surface area (Å²) in [5, 5.41) is 0. The van der Waals surface area contributed by atoms with Crippen LogP contribution < -0.4 is 5.90 Å². The van der Waals surface area contributed by atoms with Crippen molar-refractivity contribution in [2.75, 3.05) is 40.3 Å². The molecule has 84 valence electrons. The number of hydrogen-bond donors (Lipinski definition) is 2. The van der Waals surface area contributed by atoms with Gasteiger partial charge in [-0.05, 0) is 14.1 Å². The zero-order valence-corrected chi connectivity index (χ0v) is 10.2. The second-order valence-corrected chi connectivity index (χ2v) is 6.47. The molecule has 1 fully saturated rings. The molecule has 0 radical (unpaired) electrons. The molecule has 1 aliphatic heterocycles. The molecule has 0 spiro atoms. The van der Waals surface area contributed by atoms with Crippen molar-refractivity contribution in [1.29, 1.82) is 0 Å². The maximum atomic E-state index is 12.2. The van der Waals surface area contributed by atoms with Gasteiger partial charge in [0.2, 0.25) is 0 Å². The van der Waals surface area contributed by atoms with Gasteiger partial charge < -0.3 is 0 Å². The van der Waals surface area contributed by atoms with Crippen molar-refractivity contribution in [3.05, 3.63) is 0 Å². The fraction of sp³-hybridized carbons (Fsp3) is 1.00. The Kier molecular flexibility index (Phi) is 4.39. The molecule has 6 nitrogen and oxygen atoms in total. The molecule has 1 aliphatic rings. The van der Waals surface area contributed by atoms with E-state index in [0.717, 1.165) is 13.1 Å². The van der Waals surface area contributed by atoms with Crippen molar-refractivity contribution in [3.63, 3.8) is 0 Å². The van der Waals surface area contributed by atoms with Crippen molar-refractivity contribution in [1.82, 2.24) is 13.6 Å². The van der Waals surface area contributed by atoms with Crippen LogP contribution in [0, 0.1) is 0 Å². The number of hydrogen-bond acceptors (Lipinski definition) is 5. The Balaban J connectivity index is 2.67. The highest BCUT2D eigenvalue weighted by atomic mass is 32.1. The lowest BCUT2D eigenvalue weighted by molar-refractivity contribution is 0.200. The predicted octanol–water partition coefficient (Wildman–Crippen LogP) is 0.00880. The second-order valence-electron chi connectivity index (χ2n) is 3.35. The molecule has 1 heterocycles. The zero-order valence-electron chi connectivity index (χ0n) is 8.46. The van der Waals surface area contributed by atoms with Crippen LogP contribution in [0.3, 0.4) is 0 Å². The SMILES string of the molecule is CN(C)P(=O)(ON)N1CCN(S)CC1. The molecule has 8 heteroatoms. The smallest absolute Gasteiger partial charge is 0.254 e. The van der Waals surface area contributed by atoms with Gasteiger partial charge in [0.1, 0.15) is 0 Å². The summed E-state index contributed by atoms with van der Waals surface area (Å²) in [6.07, 6.45) is 0. The third-order valence-electron chi connectivity index (χ3n) is 2.23. The third-order valence-corrected chi connectivity index (χ3v) is 5.03. The van der Waals surface area contributed by atoms with Gasteiger partial charge in [0.25, 0.3) is 0 Å². The summed E-state index contributed by atoms with van der Waals surface area (Å²) in [5.41, 5.74) is 0. The summed E-state index contributed by atoms with van der Waals surface area (Å²) in [7, 11) is 0.400. The molecule has 0 aliphatic carbocycles. The first-order valence-electron chi connectivity index (χ1n) is 4.36. The zero-order chi connectivity index (χ0) is 10.8. The number of rotatable bonds is 3. The van der Waals surface area contributed by atoms with E-state index in [9.17, 15) is 4.57 Å². The van der Waals surface area contributed by atoms with Gasteiger partial charge in [-0.2, -0.15) is 0 Å². The Morgan fingerprint density at radius 3 is 2.21 bits per heavy atom. The average molecular weight is 240 g/mol. The standard InChI is InChI=1S/C6H17N4O2PS/c1-8(2)13(11,12-7)9-3-5-10(14)6-4-9/h14H,3-7H2,1-2H3. The van der Waals surface area contributed by atoms with Crippen LogP contribution in [-0.2, 0) is 9.19 Å². The van der Waals surface area contributed by atoms with Gasteiger partial charge >= 0.3 is 7.67 Å². The lowest BCUT2D eigenvalue weighted by Gasteiger charge is -2.37. The summed E-state index contributed by atoms with van der Waals surface area (Å²) >= 11 is 4.21. The van der Waals surface area contributed by atoms with E-state index in [1.54, 1.807) is 18.8 Å².